The summed E-state index contributed by atoms with van der Waals surface area (Å²) in [6.45, 7) is 5.59. The van der Waals surface area contributed by atoms with E-state index in [-0.39, 0.29) is 16.7 Å². The predicted octanol–water partition coefficient (Wildman–Crippen LogP) is 6.30. The zero-order chi connectivity index (χ0) is 25.3. The van der Waals surface area contributed by atoms with Gasteiger partial charge in [-0.05, 0) is 117 Å². The number of benzene rings is 1. The molecule has 1 N–H and O–H groups in total. The molecule has 6 heteroatoms. The molecule has 6 rings (SSSR count). The third-order valence-electron chi connectivity index (χ3n) is 11.4. The minimum Gasteiger partial charge on any atom is -0.390 e. The monoisotopic (exact) mass is 512 g/mol. The van der Waals surface area contributed by atoms with E-state index in [4.69, 9.17) is 16.3 Å². The van der Waals surface area contributed by atoms with E-state index >= 15 is 0 Å². The van der Waals surface area contributed by atoms with Crippen LogP contribution in [0.5, 0.6) is 0 Å². The second-order valence-electron chi connectivity index (χ2n) is 13.2. The van der Waals surface area contributed by atoms with Gasteiger partial charge in [0.15, 0.2) is 5.78 Å². The Morgan fingerprint density at radius 2 is 1.97 bits per heavy atom. The van der Waals surface area contributed by atoms with Gasteiger partial charge in [-0.25, -0.2) is 0 Å². The number of halogens is 1. The fourth-order valence-corrected chi connectivity index (χ4v) is 9.91. The van der Waals surface area contributed by atoms with Crippen molar-refractivity contribution >= 4 is 28.3 Å². The summed E-state index contributed by atoms with van der Waals surface area (Å²) >= 11 is 6.24. The zero-order valence-electron chi connectivity index (χ0n) is 22.0. The van der Waals surface area contributed by atoms with Gasteiger partial charge in [0, 0.05) is 23.4 Å². The first kappa shape index (κ1) is 24.9. The topological polar surface area (TPSA) is 64.3 Å². The Balaban J connectivity index is 1.24. The summed E-state index contributed by atoms with van der Waals surface area (Å²) in [5.74, 6) is 2.90. The fourth-order valence-electron chi connectivity index (χ4n) is 9.74. The Bertz CT molecular complexity index is 1160. The first-order valence-corrected chi connectivity index (χ1v) is 14.4. The van der Waals surface area contributed by atoms with Crippen LogP contribution in [0.3, 0.4) is 0 Å². The number of hydrogen-bond acceptors (Lipinski definition) is 4. The second-order valence-corrected chi connectivity index (χ2v) is 13.6. The average molecular weight is 513 g/mol. The van der Waals surface area contributed by atoms with Crippen LogP contribution in [-0.4, -0.2) is 40.0 Å². The van der Waals surface area contributed by atoms with Crippen molar-refractivity contribution in [3.63, 3.8) is 0 Å². The lowest BCUT2D eigenvalue weighted by Gasteiger charge is -2.62. The lowest BCUT2D eigenvalue weighted by Crippen LogP contribution is -2.58. The third-order valence-corrected chi connectivity index (χ3v) is 11.6. The molecule has 4 aliphatic rings. The van der Waals surface area contributed by atoms with Gasteiger partial charge >= 0.3 is 0 Å². The van der Waals surface area contributed by atoms with Crippen molar-refractivity contribution in [1.29, 1.82) is 0 Å². The SMILES string of the molecule is COCC12CCC(C)(O)CC1CCC1C3CCC(C(=O)Cn4ncc5ccc(Cl)cc54)C3(C)CCC12. The fraction of sp³-hybridized carbons (Fsp3) is 0.733. The van der Waals surface area contributed by atoms with E-state index in [1.807, 2.05) is 43.1 Å². The van der Waals surface area contributed by atoms with Crippen LogP contribution < -0.4 is 0 Å². The summed E-state index contributed by atoms with van der Waals surface area (Å²) in [6.07, 6.45) is 11.6. The maximum Gasteiger partial charge on any atom is 0.157 e. The van der Waals surface area contributed by atoms with Crippen LogP contribution in [0.2, 0.25) is 5.02 Å². The van der Waals surface area contributed by atoms with Crippen LogP contribution in [0.15, 0.2) is 24.4 Å². The maximum atomic E-state index is 13.8. The molecule has 5 nitrogen and oxygen atoms in total. The lowest BCUT2D eigenvalue weighted by atomic mass is 9.43. The molecule has 2 aromatic rings. The largest absolute Gasteiger partial charge is 0.390 e. The Morgan fingerprint density at radius 3 is 2.78 bits per heavy atom. The number of carbonyl (C=O) groups excluding carboxylic acids is 1. The molecule has 4 fully saturated rings. The number of hydrogen-bond donors (Lipinski definition) is 1. The first-order valence-electron chi connectivity index (χ1n) is 14.0. The van der Waals surface area contributed by atoms with Gasteiger partial charge in [0.2, 0.25) is 0 Å². The Labute approximate surface area is 219 Å². The standard InChI is InChI=1S/C30H41ClN2O3/c1-28(35)12-13-30(18-36-3)20(15-28)5-7-22-23-8-9-25(29(23,2)11-10-24(22)30)27(34)17-33-26-14-21(31)6-4-19(26)16-32-33/h4,6,14,16,20,22-25,35H,5,7-13,15,17-18H2,1-3H3. The van der Waals surface area contributed by atoms with Crippen molar-refractivity contribution in [3.05, 3.63) is 29.4 Å². The van der Waals surface area contributed by atoms with Gasteiger partial charge < -0.3 is 9.84 Å². The molecule has 0 bridgehead atoms. The van der Waals surface area contributed by atoms with Crippen LogP contribution in [0.25, 0.3) is 10.9 Å². The van der Waals surface area contributed by atoms with Crippen LogP contribution in [-0.2, 0) is 16.1 Å². The number of aromatic nitrogens is 2. The molecule has 196 valence electrons. The number of nitrogens with zero attached hydrogens (tertiary/aromatic N) is 2. The van der Waals surface area contributed by atoms with Crippen molar-refractivity contribution in [2.75, 3.05) is 13.7 Å². The van der Waals surface area contributed by atoms with Gasteiger partial charge in [0.1, 0.15) is 6.54 Å². The molecule has 36 heavy (non-hydrogen) atoms. The minimum atomic E-state index is -0.538. The van der Waals surface area contributed by atoms with Crippen molar-refractivity contribution in [2.24, 2.45) is 40.4 Å². The van der Waals surface area contributed by atoms with Crippen LogP contribution in [0.1, 0.15) is 71.6 Å². The van der Waals surface area contributed by atoms with E-state index in [0.29, 0.717) is 41.0 Å². The van der Waals surface area contributed by atoms with Gasteiger partial charge in [0.25, 0.3) is 0 Å². The number of carbonyl (C=O) groups is 1. The summed E-state index contributed by atoms with van der Waals surface area (Å²) in [6, 6.07) is 5.75. The molecular weight excluding hydrogens is 472 g/mol. The van der Waals surface area contributed by atoms with Crippen LogP contribution in [0, 0.1) is 40.4 Å². The number of Topliss-reactive ketones (excluding diaryl/α,β-unsaturated/α-hetero) is 1. The highest BCUT2D eigenvalue weighted by Gasteiger charge is 2.63. The minimum absolute atomic E-state index is 0.0696. The summed E-state index contributed by atoms with van der Waals surface area (Å²) in [5.41, 5.74) is 0.660. The summed E-state index contributed by atoms with van der Waals surface area (Å²) in [4.78, 5) is 13.8. The Morgan fingerprint density at radius 1 is 1.14 bits per heavy atom. The molecule has 4 saturated carbocycles. The second kappa shape index (κ2) is 8.81. The molecule has 0 amide bonds. The highest BCUT2D eigenvalue weighted by Crippen LogP contribution is 2.68. The number of ether oxygens (including phenoxy) is 1. The summed E-state index contributed by atoms with van der Waals surface area (Å²) in [7, 11) is 1.85. The number of aliphatic hydroxyl groups is 1. The van der Waals surface area contributed by atoms with Crippen molar-refractivity contribution in [1.82, 2.24) is 9.78 Å². The summed E-state index contributed by atoms with van der Waals surface area (Å²) < 4.78 is 7.75. The number of rotatable bonds is 5. The average Bonchev–Trinajstić information content (AvgIpc) is 3.39. The number of fused-ring (bicyclic) bond motifs is 6. The molecule has 0 saturated heterocycles. The first-order chi connectivity index (χ1) is 17.2. The summed E-state index contributed by atoms with van der Waals surface area (Å²) in [5, 5.41) is 17.1. The van der Waals surface area contributed by atoms with Crippen molar-refractivity contribution in [3.8, 4) is 0 Å². The van der Waals surface area contributed by atoms with E-state index in [2.05, 4.69) is 12.0 Å². The van der Waals surface area contributed by atoms with Crippen LogP contribution >= 0.6 is 11.6 Å². The molecule has 8 atom stereocenters. The molecule has 0 aliphatic heterocycles. The van der Waals surface area contributed by atoms with Gasteiger partial charge in [-0.1, -0.05) is 18.5 Å². The quantitative estimate of drug-likeness (QED) is 0.511. The Hall–Kier alpha value is -1.43. The third kappa shape index (κ3) is 3.79. The van der Waals surface area contributed by atoms with Gasteiger partial charge in [-0.15, -0.1) is 0 Å². The molecule has 1 aromatic heterocycles. The molecule has 1 heterocycles. The highest BCUT2D eigenvalue weighted by molar-refractivity contribution is 6.31. The van der Waals surface area contributed by atoms with Crippen molar-refractivity contribution in [2.45, 2.75) is 83.8 Å². The zero-order valence-corrected chi connectivity index (χ0v) is 22.8. The predicted molar refractivity (Wildman–Crippen MR) is 142 cm³/mol. The lowest BCUT2D eigenvalue weighted by molar-refractivity contribution is -0.175. The van der Waals surface area contributed by atoms with E-state index in [1.54, 1.807) is 0 Å². The van der Waals surface area contributed by atoms with Gasteiger partial charge in [0.05, 0.1) is 23.9 Å². The molecule has 0 spiro atoms. The smallest absolute Gasteiger partial charge is 0.157 e. The van der Waals surface area contributed by atoms with E-state index in [9.17, 15) is 9.90 Å². The normalized spacial score (nSPS) is 42.1. The Kier molecular flexibility index (Phi) is 6.09. The van der Waals surface area contributed by atoms with E-state index in [0.717, 1.165) is 56.0 Å². The molecule has 0 radical (unpaired) electrons. The van der Waals surface area contributed by atoms with E-state index in [1.165, 1.54) is 19.3 Å². The van der Waals surface area contributed by atoms with Gasteiger partial charge in [-0.2, -0.15) is 5.10 Å². The maximum absolute atomic E-state index is 13.8. The van der Waals surface area contributed by atoms with Gasteiger partial charge in [-0.3, -0.25) is 9.48 Å². The number of methoxy groups -OCH3 is 1. The molecular formula is C30H41ClN2O3. The van der Waals surface area contributed by atoms with Crippen molar-refractivity contribution < 1.29 is 14.6 Å². The highest BCUT2D eigenvalue weighted by atomic mass is 35.5. The van der Waals surface area contributed by atoms with E-state index < -0.39 is 5.60 Å². The van der Waals surface area contributed by atoms with Crippen LogP contribution in [0.4, 0.5) is 0 Å². The molecule has 4 aliphatic carbocycles. The molecule has 8 unspecified atom stereocenters. The number of ketones is 1. The molecule has 1 aromatic carbocycles.